The van der Waals surface area contributed by atoms with Crippen molar-refractivity contribution in [2.45, 2.75) is 116 Å². The summed E-state index contributed by atoms with van der Waals surface area (Å²) in [5.41, 5.74) is 9.73. The normalized spacial score (nSPS) is 14.7. The summed E-state index contributed by atoms with van der Waals surface area (Å²) in [5.74, 6) is 0. The van der Waals surface area contributed by atoms with Crippen LogP contribution in [-0.4, -0.2) is 16.1 Å². The summed E-state index contributed by atoms with van der Waals surface area (Å²) in [6, 6.07) is 22.7. The van der Waals surface area contributed by atoms with E-state index in [1.165, 1.54) is 22.3 Å². The lowest BCUT2D eigenvalue weighted by Gasteiger charge is -2.46. The smallest absolute Gasteiger partial charge is 0.0648 e. The second-order valence-electron chi connectivity index (χ2n) is 12.9. The van der Waals surface area contributed by atoms with Crippen LogP contribution in [0.3, 0.4) is 0 Å². The first-order valence-electron chi connectivity index (χ1n) is 14.6. The quantitative estimate of drug-likeness (QED) is 0.121. The molecular formula is C34H52I2Si2. The molecule has 0 fully saturated rings. The number of hydrogen-bond donors (Lipinski definition) is 0. The summed E-state index contributed by atoms with van der Waals surface area (Å²) in [7, 11) is -3.83. The van der Waals surface area contributed by atoms with Gasteiger partial charge in [0.1, 0.15) is 16.1 Å². The van der Waals surface area contributed by atoms with Crippen LogP contribution in [0.25, 0.3) is 11.1 Å². The molecule has 0 heterocycles. The summed E-state index contributed by atoms with van der Waals surface area (Å²) in [6.45, 7) is 30.0. The molecular weight excluding hydrogens is 718 g/mol. The molecule has 2 aromatic rings. The van der Waals surface area contributed by atoms with Crippen LogP contribution in [0.1, 0.15) is 94.2 Å². The maximum atomic E-state index is 2.84. The first-order chi connectivity index (χ1) is 17.7. The van der Waals surface area contributed by atoms with Gasteiger partial charge in [-0.2, -0.15) is 0 Å². The van der Waals surface area contributed by atoms with Gasteiger partial charge in [-0.25, -0.2) is 0 Å². The number of rotatable bonds is 11. The van der Waals surface area contributed by atoms with E-state index in [1.807, 2.05) is 0 Å². The van der Waals surface area contributed by atoms with Crippen molar-refractivity contribution in [2.24, 2.45) is 0 Å². The molecule has 0 saturated heterocycles. The van der Waals surface area contributed by atoms with E-state index < -0.39 is 16.1 Å². The van der Waals surface area contributed by atoms with Crippen molar-refractivity contribution in [3.8, 4) is 0 Å². The molecule has 0 unspecified atom stereocenters. The molecule has 0 spiro atoms. The van der Waals surface area contributed by atoms with Gasteiger partial charge in [-0.05, 0) is 61.9 Å². The topological polar surface area (TPSA) is 0 Å². The highest BCUT2D eigenvalue weighted by atomic mass is 127. The number of hydrogen-bond acceptors (Lipinski definition) is 0. The highest BCUT2D eigenvalue weighted by molar-refractivity contribution is 14.1. The van der Waals surface area contributed by atoms with Crippen LogP contribution in [0.4, 0.5) is 0 Å². The zero-order valence-electron chi connectivity index (χ0n) is 26.0. The second-order valence-corrected chi connectivity index (χ2v) is 28.8. The van der Waals surface area contributed by atoms with Crippen molar-refractivity contribution in [1.82, 2.24) is 0 Å². The average Bonchev–Trinajstić information content (AvgIpc) is 2.82. The van der Waals surface area contributed by atoms with Crippen LogP contribution in [0.5, 0.6) is 0 Å². The molecule has 0 radical (unpaired) electrons. The van der Waals surface area contributed by atoms with Gasteiger partial charge in [0.05, 0.1) is 0 Å². The number of halogens is 2. The maximum Gasteiger partial charge on any atom is 0.103 e. The lowest BCUT2D eigenvalue weighted by Crippen LogP contribution is -2.47. The Balaban J connectivity index is 3.34. The molecule has 4 heteroatoms. The Morgan fingerprint density at radius 2 is 0.632 bits per heavy atom. The first kappa shape index (κ1) is 34.0. The number of allylic oxidation sites excluding steroid dienone is 2. The van der Waals surface area contributed by atoms with Crippen molar-refractivity contribution in [2.75, 3.05) is 0 Å². The third-order valence-electron chi connectivity index (χ3n) is 9.31. The molecule has 0 aliphatic rings. The lowest BCUT2D eigenvalue weighted by atomic mass is 9.95. The second kappa shape index (κ2) is 14.1. The van der Waals surface area contributed by atoms with Crippen molar-refractivity contribution in [3.05, 3.63) is 78.2 Å². The Hall–Kier alpha value is -0.186. The molecule has 210 valence electrons. The Bertz CT molecular complexity index is 961. The van der Waals surface area contributed by atoms with Crippen LogP contribution < -0.4 is 0 Å². The van der Waals surface area contributed by atoms with Crippen LogP contribution in [0.15, 0.2) is 67.1 Å². The fourth-order valence-corrected chi connectivity index (χ4v) is 32.7. The van der Waals surface area contributed by atoms with Gasteiger partial charge in [0.15, 0.2) is 0 Å². The third-order valence-corrected chi connectivity index (χ3v) is 29.5. The fraction of sp³-hybridized carbons (Fsp3) is 0.529. The monoisotopic (exact) mass is 770 g/mol. The van der Waals surface area contributed by atoms with Gasteiger partial charge in [-0.1, -0.05) is 189 Å². The maximum absolute atomic E-state index is 2.84. The zero-order chi connectivity index (χ0) is 29.0. The molecule has 0 aliphatic carbocycles. The molecule has 0 bridgehead atoms. The van der Waals surface area contributed by atoms with Crippen LogP contribution in [0.2, 0.25) is 33.2 Å². The molecule has 0 amide bonds. The van der Waals surface area contributed by atoms with Crippen LogP contribution in [0, 0.1) is 0 Å². The van der Waals surface area contributed by atoms with Crippen molar-refractivity contribution in [3.63, 3.8) is 0 Å². The van der Waals surface area contributed by atoms with E-state index >= 15 is 0 Å². The van der Waals surface area contributed by atoms with Gasteiger partial charge >= 0.3 is 0 Å². The lowest BCUT2D eigenvalue weighted by molar-refractivity contribution is 0.831. The summed E-state index contributed by atoms with van der Waals surface area (Å²) >= 11 is 5.68. The number of benzene rings is 2. The van der Waals surface area contributed by atoms with E-state index in [-0.39, 0.29) is 0 Å². The summed E-state index contributed by atoms with van der Waals surface area (Å²) in [6.07, 6.45) is 0. The summed E-state index contributed by atoms with van der Waals surface area (Å²) in [4.78, 5) is 0. The largest absolute Gasteiger partial charge is 0.103 e. The minimum Gasteiger partial charge on any atom is -0.0648 e. The molecule has 0 aromatic heterocycles. The highest BCUT2D eigenvalue weighted by Gasteiger charge is 2.49. The van der Waals surface area contributed by atoms with Crippen molar-refractivity contribution >= 4 is 72.5 Å². The van der Waals surface area contributed by atoms with Gasteiger partial charge in [-0.15, -0.1) is 0 Å². The predicted octanol–water partition coefficient (Wildman–Crippen LogP) is 13.1. The molecule has 0 N–H and O–H groups in total. The van der Waals surface area contributed by atoms with E-state index in [1.54, 1.807) is 6.41 Å². The zero-order valence-corrected chi connectivity index (χ0v) is 32.3. The van der Waals surface area contributed by atoms with E-state index in [2.05, 4.69) is 189 Å². The van der Waals surface area contributed by atoms with Crippen molar-refractivity contribution in [1.29, 1.82) is 0 Å². The van der Waals surface area contributed by atoms with Gasteiger partial charge in [0.2, 0.25) is 0 Å². The third kappa shape index (κ3) is 6.18. The Labute approximate surface area is 264 Å². The molecule has 38 heavy (non-hydrogen) atoms. The molecule has 2 rings (SSSR count). The summed E-state index contributed by atoms with van der Waals surface area (Å²) < 4.78 is 3.32. The van der Waals surface area contributed by atoms with E-state index in [9.17, 15) is 0 Å². The van der Waals surface area contributed by atoms with Gasteiger partial charge in [-0.3, -0.25) is 0 Å². The highest BCUT2D eigenvalue weighted by Crippen LogP contribution is 2.57. The van der Waals surface area contributed by atoms with Crippen LogP contribution >= 0.6 is 45.2 Å². The molecule has 0 nitrogen and oxygen atoms in total. The van der Waals surface area contributed by atoms with E-state index in [0.717, 1.165) is 0 Å². The minimum atomic E-state index is -1.91. The molecule has 0 saturated carbocycles. The fourth-order valence-electron chi connectivity index (χ4n) is 7.92. The Morgan fingerprint density at radius 1 is 0.421 bits per heavy atom. The minimum absolute atomic E-state index is 0.657. The average molecular weight is 771 g/mol. The van der Waals surface area contributed by atoms with E-state index in [0.29, 0.717) is 33.2 Å². The van der Waals surface area contributed by atoms with Gasteiger partial charge in [0.25, 0.3) is 0 Å². The first-order valence-corrected chi connectivity index (χ1v) is 21.2. The van der Waals surface area contributed by atoms with Crippen molar-refractivity contribution < 1.29 is 0 Å². The van der Waals surface area contributed by atoms with Crippen LogP contribution in [-0.2, 0) is 0 Å². The molecule has 2 aromatic carbocycles. The molecule has 0 atom stereocenters. The Kier molecular flexibility index (Phi) is 12.6. The standard InChI is InChI=1S/C34H52I2Si2/c1-23(2)37(24(3)4,25(5)6)33(35)31(29-19-15-13-16-20-29)32(30-21-17-14-18-22-30)34(36)38(26(7)8,27(9)10)28(11)12/h13-28H,1-12H3/b33-31+,34-32+. The van der Waals surface area contributed by atoms with E-state index in [4.69, 9.17) is 0 Å². The predicted molar refractivity (Wildman–Crippen MR) is 197 cm³/mol. The van der Waals surface area contributed by atoms with Gasteiger partial charge in [0, 0.05) is 0 Å². The van der Waals surface area contributed by atoms with Gasteiger partial charge < -0.3 is 0 Å². The summed E-state index contributed by atoms with van der Waals surface area (Å²) in [5, 5.41) is 0. The SMILES string of the molecule is CC(C)[Si](/C(I)=C(/C(=C(\I)[Si](C(C)C)(C(C)C)C(C)C)c1ccccc1)c1ccccc1)(C(C)C)C(C)C. The Morgan fingerprint density at radius 3 is 0.816 bits per heavy atom. The molecule has 0 aliphatic heterocycles.